The lowest BCUT2D eigenvalue weighted by molar-refractivity contribution is -0.157. The summed E-state index contributed by atoms with van der Waals surface area (Å²) in [6, 6.07) is 0. The number of hydrogen-bond donors (Lipinski definition) is 2. The number of alkyl halides is 3. The number of likely N-dealkylation sites (N-methyl/N-ethyl adjacent to an activating group) is 1. The van der Waals surface area contributed by atoms with Crippen LogP contribution in [0.4, 0.5) is 13.2 Å². The average molecular weight is 512 g/mol. The van der Waals surface area contributed by atoms with Crippen LogP contribution < -0.4 is 10.6 Å². The molecule has 27 heavy (non-hydrogen) atoms. The summed E-state index contributed by atoms with van der Waals surface area (Å²) in [5, 5.41) is 5.87. The Morgan fingerprint density at radius 3 is 2.26 bits per heavy atom. The van der Waals surface area contributed by atoms with E-state index in [0.717, 1.165) is 26.5 Å². The van der Waals surface area contributed by atoms with E-state index in [1.165, 1.54) is 0 Å². The number of carbonyl (C=O) groups excluding carboxylic acids is 1. The predicted octanol–water partition coefficient (Wildman–Crippen LogP) is 2.01. The van der Waals surface area contributed by atoms with Gasteiger partial charge in [0.05, 0.1) is 19.8 Å². The first kappa shape index (κ1) is 28.4. The zero-order valence-electron chi connectivity index (χ0n) is 16.2. The number of rotatable bonds is 13. The number of nitrogens with one attached hydrogen (secondary N) is 2. The molecule has 0 rings (SSSR count). The molecule has 0 saturated heterocycles. The average Bonchev–Trinajstić information content (AvgIpc) is 2.56. The molecule has 0 heterocycles. The summed E-state index contributed by atoms with van der Waals surface area (Å²) < 4.78 is 47.5. The van der Waals surface area contributed by atoms with Crippen LogP contribution in [0.5, 0.6) is 0 Å². The molecule has 0 aliphatic rings. The number of carbonyl (C=O) groups is 1. The minimum atomic E-state index is -4.42. The molecule has 0 atom stereocenters. The van der Waals surface area contributed by atoms with Gasteiger partial charge in [-0.15, -0.1) is 24.0 Å². The number of hydrogen-bond acceptors (Lipinski definition) is 4. The fraction of sp³-hybridized carbons (Fsp3) is 0.875. The Bertz CT molecular complexity index is 413. The fourth-order valence-electron chi connectivity index (χ4n) is 1.78. The second-order valence-corrected chi connectivity index (χ2v) is 5.57. The minimum Gasteiger partial charge on any atom is -0.379 e. The molecule has 0 aromatic carbocycles. The van der Waals surface area contributed by atoms with E-state index in [9.17, 15) is 18.0 Å². The van der Waals surface area contributed by atoms with Crippen molar-refractivity contribution in [1.82, 2.24) is 15.5 Å². The Labute approximate surface area is 176 Å². The van der Waals surface area contributed by atoms with Gasteiger partial charge in [-0.2, -0.15) is 13.2 Å². The van der Waals surface area contributed by atoms with Crippen LogP contribution in [0.25, 0.3) is 0 Å². The van der Waals surface area contributed by atoms with Crippen LogP contribution in [-0.2, 0) is 14.3 Å². The van der Waals surface area contributed by atoms with E-state index in [4.69, 9.17) is 9.47 Å². The molecule has 0 aromatic heterocycles. The standard InChI is InChI=1S/C16H31F3N4O3.HI/c1-4-6-8-25-10-11-26-9-7-21-15(20-5-2)22-12-14(24)23(3)13-16(17,18)19;/h4-13H2,1-3H3,(H2,20,21,22);1H. The highest BCUT2D eigenvalue weighted by Crippen LogP contribution is 2.15. The van der Waals surface area contributed by atoms with E-state index in [-0.39, 0.29) is 30.5 Å². The van der Waals surface area contributed by atoms with Crippen molar-refractivity contribution < 1.29 is 27.4 Å². The van der Waals surface area contributed by atoms with Crippen molar-refractivity contribution in [3.63, 3.8) is 0 Å². The molecule has 0 aromatic rings. The van der Waals surface area contributed by atoms with Crippen LogP contribution in [0.15, 0.2) is 4.99 Å². The van der Waals surface area contributed by atoms with Crippen LogP contribution in [0, 0.1) is 0 Å². The summed E-state index contributed by atoms with van der Waals surface area (Å²) in [5.74, 6) is -0.357. The first-order valence-corrected chi connectivity index (χ1v) is 8.78. The van der Waals surface area contributed by atoms with Gasteiger partial charge in [-0.1, -0.05) is 13.3 Å². The number of unbranched alkanes of at least 4 members (excludes halogenated alkanes) is 1. The number of ether oxygens (including phenoxy) is 2. The highest BCUT2D eigenvalue weighted by Gasteiger charge is 2.30. The molecule has 0 fully saturated rings. The molecule has 0 aliphatic carbocycles. The van der Waals surface area contributed by atoms with E-state index in [1.807, 2.05) is 6.92 Å². The number of guanidine groups is 1. The summed E-state index contributed by atoms with van der Waals surface area (Å²) >= 11 is 0. The Morgan fingerprint density at radius 2 is 1.70 bits per heavy atom. The van der Waals surface area contributed by atoms with Crippen molar-refractivity contribution in [3.05, 3.63) is 0 Å². The van der Waals surface area contributed by atoms with Crippen molar-refractivity contribution in [2.24, 2.45) is 4.99 Å². The monoisotopic (exact) mass is 512 g/mol. The molecule has 0 unspecified atom stereocenters. The second-order valence-electron chi connectivity index (χ2n) is 5.57. The van der Waals surface area contributed by atoms with Gasteiger partial charge in [-0.25, -0.2) is 4.99 Å². The lowest BCUT2D eigenvalue weighted by Gasteiger charge is -2.18. The lowest BCUT2D eigenvalue weighted by Crippen LogP contribution is -2.41. The van der Waals surface area contributed by atoms with Gasteiger partial charge in [0.1, 0.15) is 13.1 Å². The van der Waals surface area contributed by atoms with E-state index < -0.39 is 18.6 Å². The molecule has 0 spiro atoms. The highest BCUT2D eigenvalue weighted by atomic mass is 127. The molecule has 0 bridgehead atoms. The third-order valence-corrected chi connectivity index (χ3v) is 3.11. The van der Waals surface area contributed by atoms with Crippen LogP contribution in [0.1, 0.15) is 26.7 Å². The van der Waals surface area contributed by atoms with Crippen LogP contribution in [0.3, 0.4) is 0 Å². The van der Waals surface area contributed by atoms with E-state index in [2.05, 4.69) is 22.5 Å². The van der Waals surface area contributed by atoms with E-state index in [1.54, 1.807) is 0 Å². The smallest absolute Gasteiger partial charge is 0.379 e. The maximum atomic E-state index is 12.3. The molecule has 162 valence electrons. The minimum absolute atomic E-state index is 0. The Kier molecular flexibility index (Phi) is 18.2. The van der Waals surface area contributed by atoms with Gasteiger partial charge in [-0.3, -0.25) is 4.79 Å². The fourth-order valence-corrected chi connectivity index (χ4v) is 1.78. The third kappa shape index (κ3) is 18.3. The Morgan fingerprint density at radius 1 is 1.07 bits per heavy atom. The number of aliphatic imine (C=N–C) groups is 1. The van der Waals surface area contributed by atoms with Crippen molar-refractivity contribution in [1.29, 1.82) is 0 Å². The highest BCUT2D eigenvalue weighted by molar-refractivity contribution is 14.0. The molecule has 11 heteroatoms. The Balaban J connectivity index is 0. The SMILES string of the molecule is CCCCOCCOCCNC(=NCC(=O)N(C)CC(F)(F)F)NCC.I. The molecule has 0 saturated carbocycles. The van der Waals surface area contributed by atoms with Crippen molar-refractivity contribution >= 4 is 35.8 Å². The molecule has 1 amide bonds. The summed E-state index contributed by atoms with van der Waals surface area (Å²) in [4.78, 5) is 16.3. The summed E-state index contributed by atoms with van der Waals surface area (Å²) in [5.41, 5.74) is 0. The van der Waals surface area contributed by atoms with Crippen molar-refractivity contribution in [2.45, 2.75) is 32.9 Å². The number of halogens is 4. The number of amides is 1. The van der Waals surface area contributed by atoms with E-state index in [0.29, 0.717) is 43.8 Å². The van der Waals surface area contributed by atoms with Crippen molar-refractivity contribution in [2.75, 3.05) is 59.7 Å². The van der Waals surface area contributed by atoms with Gasteiger partial charge in [0.25, 0.3) is 0 Å². The van der Waals surface area contributed by atoms with Crippen LogP contribution >= 0.6 is 24.0 Å². The quantitative estimate of drug-likeness (QED) is 0.171. The van der Waals surface area contributed by atoms with Gasteiger partial charge in [0.15, 0.2) is 5.96 Å². The van der Waals surface area contributed by atoms with Crippen LogP contribution in [-0.4, -0.2) is 82.6 Å². The number of nitrogens with zero attached hydrogens (tertiary/aromatic N) is 2. The molecule has 2 N–H and O–H groups in total. The molecular formula is C16H32F3IN4O3. The van der Waals surface area contributed by atoms with Gasteiger partial charge in [0.2, 0.25) is 5.91 Å². The maximum Gasteiger partial charge on any atom is 0.406 e. The largest absolute Gasteiger partial charge is 0.406 e. The third-order valence-electron chi connectivity index (χ3n) is 3.11. The first-order valence-electron chi connectivity index (χ1n) is 8.78. The summed E-state index contributed by atoms with van der Waals surface area (Å²) in [6.07, 6.45) is -2.30. The molecule has 0 radical (unpaired) electrons. The molecular weight excluding hydrogens is 480 g/mol. The summed E-state index contributed by atoms with van der Waals surface area (Å²) in [6.45, 7) is 5.46. The molecule has 0 aliphatic heterocycles. The molecule has 7 nitrogen and oxygen atoms in total. The van der Waals surface area contributed by atoms with Gasteiger partial charge in [0, 0.05) is 26.7 Å². The lowest BCUT2D eigenvalue weighted by atomic mass is 10.4. The van der Waals surface area contributed by atoms with Crippen LogP contribution in [0.2, 0.25) is 0 Å². The van der Waals surface area contributed by atoms with Crippen molar-refractivity contribution in [3.8, 4) is 0 Å². The zero-order chi connectivity index (χ0) is 19.8. The zero-order valence-corrected chi connectivity index (χ0v) is 18.6. The van der Waals surface area contributed by atoms with E-state index >= 15 is 0 Å². The maximum absolute atomic E-state index is 12.3. The van der Waals surface area contributed by atoms with Gasteiger partial charge >= 0.3 is 6.18 Å². The first-order chi connectivity index (χ1) is 12.3. The van der Waals surface area contributed by atoms with Gasteiger partial charge < -0.3 is 25.0 Å². The summed E-state index contributed by atoms with van der Waals surface area (Å²) in [7, 11) is 1.10. The van der Waals surface area contributed by atoms with Gasteiger partial charge in [-0.05, 0) is 13.3 Å². The topological polar surface area (TPSA) is 75.2 Å². The normalized spacial score (nSPS) is 11.7. The Hall–Kier alpha value is -0.820. The second kappa shape index (κ2) is 17.3. The predicted molar refractivity (Wildman–Crippen MR) is 110 cm³/mol.